The van der Waals surface area contributed by atoms with Gasteiger partial charge in [0.05, 0.1) is 0 Å². The first-order valence-electron chi connectivity index (χ1n) is 8.12. The smallest absolute Gasteiger partial charge is 0.186 e. The van der Waals surface area contributed by atoms with Crippen LogP contribution < -0.4 is 4.90 Å². The van der Waals surface area contributed by atoms with Gasteiger partial charge in [0.25, 0.3) is 0 Å². The highest BCUT2D eigenvalue weighted by Gasteiger charge is 2.35. The van der Waals surface area contributed by atoms with Crippen molar-refractivity contribution in [2.75, 3.05) is 11.4 Å². The van der Waals surface area contributed by atoms with E-state index in [4.69, 9.17) is 4.98 Å². The van der Waals surface area contributed by atoms with Crippen molar-refractivity contribution in [3.8, 4) is 0 Å². The van der Waals surface area contributed by atoms with E-state index in [9.17, 15) is 4.79 Å². The van der Waals surface area contributed by atoms with Gasteiger partial charge >= 0.3 is 0 Å². The summed E-state index contributed by atoms with van der Waals surface area (Å²) in [4.78, 5) is 20.5. The number of anilines is 1. The molecule has 1 aliphatic heterocycles. The van der Waals surface area contributed by atoms with Crippen LogP contribution in [-0.2, 0) is 6.42 Å². The summed E-state index contributed by atoms with van der Waals surface area (Å²) in [6.45, 7) is 1.14. The van der Waals surface area contributed by atoms with Crippen molar-refractivity contribution in [1.82, 2.24) is 4.98 Å². The third-order valence-corrected chi connectivity index (χ3v) is 6.40. The van der Waals surface area contributed by atoms with E-state index in [1.807, 2.05) is 0 Å². The van der Waals surface area contributed by atoms with Gasteiger partial charge in [-0.05, 0) is 44.4 Å². The number of thiazole rings is 1. The van der Waals surface area contributed by atoms with E-state index in [0.29, 0.717) is 12.5 Å². The van der Waals surface area contributed by atoms with Crippen molar-refractivity contribution < 1.29 is 4.79 Å². The molecule has 20 heavy (non-hydrogen) atoms. The Bertz CT molecular complexity index is 519. The van der Waals surface area contributed by atoms with Crippen LogP contribution in [0.4, 0.5) is 5.13 Å². The number of fused-ring (bicyclic) bond motifs is 1. The van der Waals surface area contributed by atoms with Crippen molar-refractivity contribution >= 4 is 22.3 Å². The second kappa shape index (κ2) is 5.14. The van der Waals surface area contributed by atoms with Gasteiger partial charge in [0, 0.05) is 23.9 Å². The van der Waals surface area contributed by atoms with Crippen LogP contribution in [0.5, 0.6) is 0 Å². The maximum Gasteiger partial charge on any atom is 0.186 e. The molecule has 4 rings (SSSR count). The number of rotatable bonds is 2. The molecular formula is C16H22N2OS. The number of Topliss-reactive ketones (excluding diaryl/α,β-unsaturated/α-hetero) is 1. The van der Waals surface area contributed by atoms with E-state index >= 15 is 0 Å². The normalized spacial score (nSPS) is 27.3. The Morgan fingerprint density at radius 1 is 1.05 bits per heavy atom. The molecule has 1 saturated carbocycles. The van der Waals surface area contributed by atoms with E-state index in [1.165, 1.54) is 43.4 Å². The van der Waals surface area contributed by atoms with Crippen molar-refractivity contribution in [3.05, 3.63) is 10.6 Å². The Labute approximate surface area is 124 Å². The van der Waals surface area contributed by atoms with Crippen LogP contribution in [0.1, 0.15) is 66.7 Å². The van der Waals surface area contributed by atoms with Crippen molar-refractivity contribution in [2.45, 2.75) is 63.8 Å². The zero-order chi connectivity index (χ0) is 13.5. The number of hydrogen-bond donors (Lipinski definition) is 0. The number of aromatic nitrogens is 1. The minimum atomic E-state index is 0.269. The molecule has 1 aromatic rings. The van der Waals surface area contributed by atoms with E-state index in [-0.39, 0.29) is 5.78 Å². The lowest BCUT2D eigenvalue weighted by molar-refractivity contribution is 0.0968. The molecule has 1 saturated heterocycles. The van der Waals surface area contributed by atoms with Crippen LogP contribution in [0, 0.1) is 5.92 Å². The Morgan fingerprint density at radius 3 is 2.70 bits per heavy atom. The molecule has 2 heterocycles. The third-order valence-electron chi connectivity index (χ3n) is 5.25. The number of nitrogens with zero attached hydrogens (tertiary/aromatic N) is 2. The van der Waals surface area contributed by atoms with E-state index in [1.54, 1.807) is 11.3 Å². The van der Waals surface area contributed by atoms with Gasteiger partial charge in [0.1, 0.15) is 5.69 Å². The summed E-state index contributed by atoms with van der Waals surface area (Å²) in [5.41, 5.74) is 0.799. The first kappa shape index (κ1) is 12.8. The molecule has 108 valence electrons. The van der Waals surface area contributed by atoms with Crippen LogP contribution in [-0.4, -0.2) is 23.4 Å². The molecule has 2 fully saturated rings. The highest BCUT2D eigenvalue weighted by molar-refractivity contribution is 7.16. The Kier molecular flexibility index (Phi) is 3.29. The minimum absolute atomic E-state index is 0.269. The number of ketones is 1. The lowest BCUT2D eigenvalue weighted by atomic mass is 9.96. The summed E-state index contributed by atoms with van der Waals surface area (Å²) in [5.74, 6) is 1.14. The Hall–Kier alpha value is -0.900. The average molecular weight is 290 g/mol. The molecule has 0 spiro atoms. The summed E-state index contributed by atoms with van der Waals surface area (Å²) < 4.78 is 0. The maximum absolute atomic E-state index is 12.0. The minimum Gasteiger partial charge on any atom is -0.345 e. The van der Waals surface area contributed by atoms with Crippen molar-refractivity contribution in [2.24, 2.45) is 5.92 Å². The molecule has 1 unspecified atom stereocenters. The van der Waals surface area contributed by atoms with Crippen LogP contribution in [0.2, 0.25) is 0 Å². The van der Waals surface area contributed by atoms with Crippen molar-refractivity contribution in [1.29, 1.82) is 0 Å². The van der Waals surface area contributed by atoms with Gasteiger partial charge in [-0.1, -0.05) is 12.8 Å². The van der Waals surface area contributed by atoms with Crippen LogP contribution in [0.15, 0.2) is 0 Å². The molecule has 1 aromatic heterocycles. The SMILES string of the molecule is O=C1CCCc2sc(N3CCCC3C3CCCC3)nc21. The lowest BCUT2D eigenvalue weighted by Gasteiger charge is -2.29. The molecule has 0 bridgehead atoms. The molecule has 2 aliphatic carbocycles. The van der Waals surface area contributed by atoms with Crippen LogP contribution in [0.3, 0.4) is 0 Å². The first-order valence-corrected chi connectivity index (χ1v) is 8.94. The van der Waals surface area contributed by atoms with E-state index in [0.717, 1.165) is 36.1 Å². The number of carbonyl (C=O) groups is 1. The standard InChI is InChI=1S/C16H22N2OS/c19-13-8-3-9-14-15(13)17-16(20-14)18-10-4-7-12(18)11-5-1-2-6-11/h11-12H,1-10H2. The zero-order valence-electron chi connectivity index (χ0n) is 11.9. The second-order valence-electron chi connectivity index (χ2n) is 6.49. The lowest BCUT2D eigenvalue weighted by Crippen LogP contribution is -2.34. The number of hydrogen-bond acceptors (Lipinski definition) is 4. The van der Waals surface area contributed by atoms with Gasteiger partial charge < -0.3 is 4.90 Å². The molecule has 0 radical (unpaired) electrons. The summed E-state index contributed by atoms with van der Waals surface area (Å²) in [7, 11) is 0. The first-order chi connectivity index (χ1) is 9.83. The monoisotopic (exact) mass is 290 g/mol. The molecular weight excluding hydrogens is 268 g/mol. The van der Waals surface area contributed by atoms with Gasteiger partial charge in [-0.2, -0.15) is 0 Å². The molecule has 0 amide bonds. The Morgan fingerprint density at radius 2 is 1.90 bits per heavy atom. The fourth-order valence-corrected chi connectivity index (χ4v) is 5.44. The van der Waals surface area contributed by atoms with Crippen LogP contribution >= 0.6 is 11.3 Å². The predicted octanol–water partition coefficient (Wildman–Crippen LogP) is 3.82. The second-order valence-corrected chi connectivity index (χ2v) is 7.55. The van der Waals surface area contributed by atoms with Crippen LogP contribution in [0.25, 0.3) is 0 Å². The largest absolute Gasteiger partial charge is 0.345 e. The van der Waals surface area contributed by atoms with Gasteiger partial charge in [0.15, 0.2) is 10.9 Å². The van der Waals surface area contributed by atoms with Gasteiger partial charge in [-0.25, -0.2) is 4.98 Å². The van der Waals surface area contributed by atoms with E-state index < -0.39 is 0 Å². The number of aryl methyl sites for hydroxylation is 1. The summed E-state index contributed by atoms with van der Waals surface area (Å²) in [5, 5.41) is 1.14. The highest BCUT2D eigenvalue weighted by atomic mass is 32.1. The van der Waals surface area contributed by atoms with Gasteiger partial charge in [0.2, 0.25) is 0 Å². The average Bonchev–Trinajstić information content (AvgIpc) is 3.18. The summed E-state index contributed by atoms with van der Waals surface area (Å²) in [6, 6.07) is 0.695. The molecule has 0 aromatic carbocycles. The molecule has 0 N–H and O–H groups in total. The quantitative estimate of drug-likeness (QED) is 0.830. The molecule has 4 heteroatoms. The predicted molar refractivity (Wildman–Crippen MR) is 81.7 cm³/mol. The zero-order valence-corrected chi connectivity index (χ0v) is 12.8. The van der Waals surface area contributed by atoms with Gasteiger partial charge in [-0.3, -0.25) is 4.79 Å². The highest BCUT2D eigenvalue weighted by Crippen LogP contribution is 2.40. The third kappa shape index (κ3) is 2.09. The molecule has 3 aliphatic rings. The molecule has 1 atom stereocenters. The topological polar surface area (TPSA) is 33.2 Å². The number of carbonyl (C=O) groups excluding carboxylic acids is 1. The fraction of sp³-hybridized carbons (Fsp3) is 0.750. The summed E-state index contributed by atoms with van der Waals surface area (Å²) >= 11 is 1.79. The Balaban J connectivity index is 1.61. The fourth-order valence-electron chi connectivity index (χ4n) is 4.24. The van der Waals surface area contributed by atoms with Crippen molar-refractivity contribution in [3.63, 3.8) is 0 Å². The van der Waals surface area contributed by atoms with Gasteiger partial charge in [-0.15, -0.1) is 11.3 Å². The maximum atomic E-state index is 12.0. The molecule has 3 nitrogen and oxygen atoms in total. The van der Waals surface area contributed by atoms with E-state index in [2.05, 4.69) is 4.90 Å². The summed E-state index contributed by atoms with van der Waals surface area (Å²) in [6.07, 6.45) is 11.0.